The quantitative estimate of drug-likeness (QED) is 0.801. The van der Waals surface area contributed by atoms with E-state index < -0.39 is 5.60 Å². The third-order valence-corrected chi connectivity index (χ3v) is 4.24. The van der Waals surface area contributed by atoms with Gasteiger partial charge in [-0.15, -0.1) is 0 Å². The number of halogens is 1. The molecule has 0 amide bonds. The monoisotopic (exact) mass is 250 g/mol. The number of hydrogen-bond donors (Lipinski definition) is 1. The van der Waals surface area contributed by atoms with E-state index >= 15 is 0 Å². The SMILES string of the molecule is CC(O)(Cc1ccccc1F)C1CCCCCC1. The first kappa shape index (κ1) is 13.5. The molecular weight excluding hydrogens is 227 g/mol. The van der Waals surface area contributed by atoms with Gasteiger partial charge in [-0.05, 0) is 37.3 Å². The van der Waals surface area contributed by atoms with E-state index in [9.17, 15) is 9.50 Å². The van der Waals surface area contributed by atoms with E-state index in [4.69, 9.17) is 0 Å². The van der Waals surface area contributed by atoms with Gasteiger partial charge in [0, 0.05) is 6.42 Å². The molecule has 0 aliphatic heterocycles. The topological polar surface area (TPSA) is 20.2 Å². The Kier molecular flexibility index (Phi) is 4.39. The van der Waals surface area contributed by atoms with Crippen molar-refractivity contribution in [1.82, 2.24) is 0 Å². The molecular formula is C16H23FO. The Labute approximate surface area is 109 Å². The van der Waals surface area contributed by atoms with E-state index in [0.717, 1.165) is 12.8 Å². The van der Waals surface area contributed by atoms with Crippen LogP contribution in [0.4, 0.5) is 4.39 Å². The van der Waals surface area contributed by atoms with Gasteiger partial charge in [-0.2, -0.15) is 0 Å². The van der Waals surface area contributed by atoms with Crippen LogP contribution in [0.2, 0.25) is 0 Å². The molecule has 1 N–H and O–H groups in total. The fourth-order valence-electron chi connectivity index (χ4n) is 3.07. The third-order valence-electron chi connectivity index (χ3n) is 4.24. The second-order valence-electron chi connectivity index (χ2n) is 5.81. The summed E-state index contributed by atoms with van der Waals surface area (Å²) < 4.78 is 13.7. The molecule has 1 nitrogen and oxygen atoms in total. The molecule has 1 aliphatic rings. The Hall–Kier alpha value is -0.890. The Morgan fingerprint density at radius 2 is 1.78 bits per heavy atom. The van der Waals surface area contributed by atoms with Gasteiger partial charge in [0.1, 0.15) is 5.82 Å². The zero-order valence-corrected chi connectivity index (χ0v) is 11.2. The van der Waals surface area contributed by atoms with E-state index in [1.807, 2.05) is 13.0 Å². The predicted molar refractivity (Wildman–Crippen MR) is 71.9 cm³/mol. The zero-order valence-electron chi connectivity index (χ0n) is 11.2. The summed E-state index contributed by atoms with van der Waals surface area (Å²) in [6.45, 7) is 1.87. The molecule has 2 rings (SSSR count). The van der Waals surface area contributed by atoms with Crippen LogP contribution in [0, 0.1) is 11.7 Å². The molecule has 0 heterocycles. The summed E-state index contributed by atoms with van der Waals surface area (Å²) in [6, 6.07) is 6.78. The Balaban J connectivity index is 2.08. The van der Waals surface area contributed by atoms with Crippen LogP contribution in [-0.4, -0.2) is 10.7 Å². The average Bonchev–Trinajstić information content (AvgIpc) is 2.61. The molecule has 1 fully saturated rings. The van der Waals surface area contributed by atoms with Gasteiger partial charge in [-0.3, -0.25) is 0 Å². The lowest BCUT2D eigenvalue weighted by Gasteiger charge is -2.32. The van der Waals surface area contributed by atoms with E-state index in [2.05, 4.69) is 0 Å². The minimum atomic E-state index is -0.785. The number of aliphatic hydroxyl groups is 1. The van der Waals surface area contributed by atoms with Crippen molar-refractivity contribution < 1.29 is 9.50 Å². The minimum absolute atomic E-state index is 0.202. The van der Waals surface area contributed by atoms with Gasteiger partial charge in [0.2, 0.25) is 0 Å². The maximum atomic E-state index is 13.7. The van der Waals surface area contributed by atoms with Gasteiger partial charge < -0.3 is 5.11 Å². The molecule has 0 radical (unpaired) electrons. The summed E-state index contributed by atoms with van der Waals surface area (Å²) in [7, 11) is 0. The molecule has 0 bridgehead atoms. The fourth-order valence-corrected chi connectivity index (χ4v) is 3.07. The lowest BCUT2D eigenvalue weighted by atomic mass is 9.79. The first-order chi connectivity index (χ1) is 8.59. The molecule has 100 valence electrons. The Morgan fingerprint density at radius 1 is 1.17 bits per heavy atom. The molecule has 1 aliphatic carbocycles. The molecule has 2 heteroatoms. The summed E-state index contributed by atoms with van der Waals surface area (Å²) in [4.78, 5) is 0. The highest BCUT2D eigenvalue weighted by Crippen LogP contribution is 2.34. The number of rotatable bonds is 3. The zero-order chi connectivity index (χ0) is 13.0. The van der Waals surface area contributed by atoms with Crippen LogP contribution in [0.25, 0.3) is 0 Å². The second-order valence-corrected chi connectivity index (χ2v) is 5.81. The molecule has 1 unspecified atom stereocenters. The highest BCUT2D eigenvalue weighted by Gasteiger charge is 2.32. The lowest BCUT2D eigenvalue weighted by molar-refractivity contribution is -0.00780. The van der Waals surface area contributed by atoms with Crippen molar-refractivity contribution in [3.63, 3.8) is 0 Å². The standard InChI is InChI=1S/C16H23FO/c1-16(18,14-9-4-2-3-5-10-14)12-13-8-6-7-11-15(13)17/h6-8,11,14,18H,2-5,9-10,12H2,1H3. The van der Waals surface area contributed by atoms with E-state index in [1.54, 1.807) is 12.1 Å². The van der Waals surface area contributed by atoms with Gasteiger partial charge in [0.05, 0.1) is 5.60 Å². The van der Waals surface area contributed by atoms with Crippen LogP contribution in [0.5, 0.6) is 0 Å². The van der Waals surface area contributed by atoms with Crippen molar-refractivity contribution in [2.75, 3.05) is 0 Å². The molecule has 0 aromatic heterocycles. The van der Waals surface area contributed by atoms with Crippen LogP contribution in [-0.2, 0) is 6.42 Å². The van der Waals surface area contributed by atoms with Gasteiger partial charge in [-0.1, -0.05) is 43.9 Å². The van der Waals surface area contributed by atoms with Crippen LogP contribution < -0.4 is 0 Å². The maximum absolute atomic E-state index is 13.7. The first-order valence-electron chi connectivity index (χ1n) is 7.05. The molecule has 18 heavy (non-hydrogen) atoms. The Morgan fingerprint density at radius 3 is 2.39 bits per heavy atom. The summed E-state index contributed by atoms with van der Waals surface area (Å²) in [5.41, 5.74) is -0.154. The van der Waals surface area contributed by atoms with Gasteiger partial charge >= 0.3 is 0 Å². The number of benzene rings is 1. The van der Waals surface area contributed by atoms with Gasteiger partial charge in [0.25, 0.3) is 0 Å². The molecule has 0 saturated heterocycles. The predicted octanol–water partition coefficient (Wildman–Crippen LogP) is 4.09. The van der Waals surface area contributed by atoms with Crippen molar-refractivity contribution in [3.8, 4) is 0 Å². The van der Waals surface area contributed by atoms with E-state index in [0.29, 0.717) is 17.9 Å². The summed E-state index contributed by atoms with van der Waals surface area (Å²) in [5, 5.41) is 10.7. The molecule has 1 atom stereocenters. The molecule has 1 aromatic carbocycles. The molecule has 0 spiro atoms. The minimum Gasteiger partial charge on any atom is -0.390 e. The van der Waals surface area contributed by atoms with Crippen molar-refractivity contribution in [3.05, 3.63) is 35.6 Å². The average molecular weight is 250 g/mol. The normalized spacial score (nSPS) is 21.3. The van der Waals surface area contributed by atoms with Crippen molar-refractivity contribution in [2.24, 2.45) is 5.92 Å². The van der Waals surface area contributed by atoms with Crippen LogP contribution in [0.15, 0.2) is 24.3 Å². The Bertz CT molecular complexity index is 378. The highest BCUT2D eigenvalue weighted by molar-refractivity contribution is 5.19. The molecule has 1 aromatic rings. The summed E-state index contributed by atoms with van der Waals surface area (Å²) in [5.74, 6) is 0.103. The number of hydrogen-bond acceptors (Lipinski definition) is 1. The van der Waals surface area contributed by atoms with Crippen molar-refractivity contribution in [1.29, 1.82) is 0 Å². The van der Waals surface area contributed by atoms with Crippen LogP contribution in [0.1, 0.15) is 51.0 Å². The van der Waals surface area contributed by atoms with Crippen molar-refractivity contribution in [2.45, 2.75) is 57.5 Å². The summed E-state index contributed by atoms with van der Waals surface area (Å²) >= 11 is 0. The lowest BCUT2D eigenvalue weighted by Crippen LogP contribution is -2.37. The smallest absolute Gasteiger partial charge is 0.126 e. The van der Waals surface area contributed by atoms with Crippen LogP contribution >= 0.6 is 0 Å². The van der Waals surface area contributed by atoms with Gasteiger partial charge in [0.15, 0.2) is 0 Å². The second kappa shape index (κ2) is 5.83. The fraction of sp³-hybridized carbons (Fsp3) is 0.625. The first-order valence-corrected chi connectivity index (χ1v) is 7.05. The largest absolute Gasteiger partial charge is 0.390 e. The highest BCUT2D eigenvalue weighted by atomic mass is 19.1. The maximum Gasteiger partial charge on any atom is 0.126 e. The van der Waals surface area contributed by atoms with E-state index in [1.165, 1.54) is 31.7 Å². The van der Waals surface area contributed by atoms with Gasteiger partial charge in [-0.25, -0.2) is 4.39 Å². The third kappa shape index (κ3) is 3.32. The van der Waals surface area contributed by atoms with E-state index in [-0.39, 0.29) is 5.82 Å². The summed E-state index contributed by atoms with van der Waals surface area (Å²) in [6.07, 6.45) is 7.49. The van der Waals surface area contributed by atoms with Crippen LogP contribution in [0.3, 0.4) is 0 Å². The molecule has 1 saturated carbocycles. The van der Waals surface area contributed by atoms with Crippen molar-refractivity contribution >= 4 is 0 Å².